The molecule has 3 aliphatic heterocycles. The highest BCUT2D eigenvalue weighted by atomic mass is 16.7. The van der Waals surface area contributed by atoms with Crippen molar-refractivity contribution in [2.45, 2.75) is 167 Å². The number of carbonyl (C=O) groups excluding carboxylic acids is 6. The molecule has 1 saturated carbocycles. The van der Waals surface area contributed by atoms with Crippen molar-refractivity contribution < 1.29 is 62.3 Å². The Morgan fingerprint density at radius 2 is 1.62 bits per heavy atom. The zero-order chi connectivity index (χ0) is 44.3. The molecule has 13 unspecified atom stereocenters. The van der Waals surface area contributed by atoms with Crippen LogP contribution in [0.3, 0.4) is 0 Å². The topological polar surface area (TPSA) is 181 Å². The largest absolute Gasteiger partial charge is 0.456 e. The fourth-order valence-electron chi connectivity index (χ4n) is 9.79. The summed E-state index contributed by atoms with van der Waals surface area (Å²) in [6.07, 6.45) is 6.95. The van der Waals surface area contributed by atoms with Crippen molar-refractivity contribution in [1.82, 2.24) is 4.90 Å². The lowest BCUT2D eigenvalue weighted by atomic mass is 9.82. The molecule has 0 spiro atoms. The molecule has 60 heavy (non-hydrogen) atoms. The fourth-order valence-corrected chi connectivity index (χ4v) is 9.79. The Hall–Kier alpha value is -3.14. The molecule has 13 atom stereocenters. The maximum atomic E-state index is 14.4. The molecular weight excluding hydrogens is 774 g/mol. The molecule has 0 aromatic carbocycles. The van der Waals surface area contributed by atoms with Gasteiger partial charge in [-0.2, -0.15) is 0 Å². The second-order valence-corrected chi connectivity index (χ2v) is 17.9. The van der Waals surface area contributed by atoms with E-state index in [1.54, 1.807) is 21.1 Å². The van der Waals surface area contributed by atoms with E-state index in [0.717, 1.165) is 11.1 Å². The molecule has 1 amide bonds. The first kappa shape index (κ1) is 49.5. The molecule has 0 radical (unpaired) electrons. The summed E-state index contributed by atoms with van der Waals surface area (Å²) < 4.78 is 35.9. The summed E-state index contributed by atoms with van der Waals surface area (Å²) in [5, 5.41) is 12.1. The number of nitrogens with zero attached hydrogens (tertiary/aromatic N) is 1. The van der Waals surface area contributed by atoms with Crippen molar-refractivity contribution in [1.29, 1.82) is 0 Å². The summed E-state index contributed by atoms with van der Waals surface area (Å²) in [5.74, 6) is -7.15. The van der Waals surface area contributed by atoms with Gasteiger partial charge in [-0.1, -0.05) is 45.4 Å². The molecule has 14 heteroatoms. The van der Waals surface area contributed by atoms with Crippen LogP contribution in [-0.4, -0.2) is 128 Å². The highest BCUT2D eigenvalue weighted by Crippen LogP contribution is 2.39. The second-order valence-electron chi connectivity index (χ2n) is 17.9. The van der Waals surface area contributed by atoms with Crippen molar-refractivity contribution in [3.05, 3.63) is 23.3 Å². The van der Waals surface area contributed by atoms with Crippen LogP contribution in [0.2, 0.25) is 0 Å². The zero-order valence-electron chi connectivity index (χ0n) is 37.4. The minimum absolute atomic E-state index is 0.0112. The number of methoxy groups -OCH3 is 3. The van der Waals surface area contributed by atoms with Crippen molar-refractivity contribution in [2.75, 3.05) is 34.5 Å². The van der Waals surface area contributed by atoms with E-state index < -0.39 is 65.6 Å². The maximum Gasteiger partial charge on any atom is 0.329 e. The molecule has 2 saturated heterocycles. The third-order valence-corrected chi connectivity index (χ3v) is 13.3. The van der Waals surface area contributed by atoms with E-state index in [1.807, 2.05) is 27.7 Å². The van der Waals surface area contributed by atoms with Gasteiger partial charge in [0.15, 0.2) is 6.29 Å². The van der Waals surface area contributed by atoms with Gasteiger partial charge in [-0.25, -0.2) is 4.79 Å². The molecule has 1 N–H and O–H groups in total. The lowest BCUT2D eigenvalue weighted by Crippen LogP contribution is -2.64. The average molecular weight is 846 g/mol. The third kappa shape index (κ3) is 12.3. The number of fused-ring (bicyclic) bond motifs is 3. The first-order chi connectivity index (χ1) is 28.5. The SMILES string of the molecule is CCC1/C=C(\C)CC(C)CC(OC)C2OC(O)(C(=O)C(=O)N3CCCCC3C(=O)OC(C(C)=CC3CCC(OCC(=O)C=O)C(OC)C3)C(C)CCC1=O)C(C)CC2OC. The number of cyclic esters (lactones) is 1. The summed E-state index contributed by atoms with van der Waals surface area (Å²) in [7, 11) is 4.66. The molecule has 1 aliphatic carbocycles. The Bertz CT molecular complexity index is 1580. The van der Waals surface area contributed by atoms with Crippen LogP contribution >= 0.6 is 0 Å². The number of esters is 1. The Kier molecular flexibility index (Phi) is 18.8. The summed E-state index contributed by atoms with van der Waals surface area (Å²) in [6.45, 7) is 11.4. The Morgan fingerprint density at radius 3 is 2.27 bits per heavy atom. The van der Waals surface area contributed by atoms with Crippen LogP contribution in [0.25, 0.3) is 0 Å². The van der Waals surface area contributed by atoms with E-state index in [1.165, 1.54) is 12.0 Å². The van der Waals surface area contributed by atoms with Crippen molar-refractivity contribution in [3.63, 3.8) is 0 Å². The molecule has 3 fully saturated rings. The number of piperidine rings is 1. The molecule has 4 aliphatic rings. The van der Waals surface area contributed by atoms with Gasteiger partial charge >= 0.3 is 5.97 Å². The smallest absolute Gasteiger partial charge is 0.329 e. The number of rotatable bonds is 10. The van der Waals surface area contributed by atoms with Gasteiger partial charge in [0.05, 0.1) is 24.4 Å². The molecule has 0 aromatic rings. The third-order valence-electron chi connectivity index (χ3n) is 13.3. The van der Waals surface area contributed by atoms with Crippen LogP contribution < -0.4 is 0 Å². The van der Waals surface area contributed by atoms with Gasteiger partial charge in [0, 0.05) is 46.1 Å². The number of aliphatic hydroxyl groups is 1. The van der Waals surface area contributed by atoms with Crippen LogP contribution in [0.15, 0.2) is 23.3 Å². The van der Waals surface area contributed by atoms with Crippen molar-refractivity contribution in [2.24, 2.45) is 29.6 Å². The number of ketones is 3. The highest BCUT2D eigenvalue weighted by Gasteiger charge is 2.56. The molecule has 14 nitrogen and oxygen atoms in total. The van der Waals surface area contributed by atoms with E-state index >= 15 is 0 Å². The van der Waals surface area contributed by atoms with Gasteiger partial charge in [0.1, 0.15) is 30.6 Å². The molecule has 2 bridgehead atoms. The van der Waals surface area contributed by atoms with Crippen LogP contribution in [-0.2, 0) is 57.2 Å². The predicted octanol–water partition coefficient (Wildman–Crippen LogP) is 5.29. The maximum absolute atomic E-state index is 14.4. The van der Waals surface area contributed by atoms with Gasteiger partial charge in [-0.15, -0.1) is 0 Å². The average Bonchev–Trinajstić information content (AvgIpc) is 3.24. The minimum Gasteiger partial charge on any atom is -0.456 e. The van der Waals surface area contributed by atoms with Crippen LogP contribution in [0.4, 0.5) is 0 Å². The number of aldehydes is 1. The lowest BCUT2D eigenvalue weighted by molar-refractivity contribution is -0.302. The van der Waals surface area contributed by atoms with Gasteiger partial charge in [0.2, 0.25) is 11.6 Å². The number of amides is 1. The number of carbonyl (C=O) groups is 6. The number of ether oxygens (including phenoxy) is 6. The van der Waals surface area contributed by atoms with Gasteiger partial charge < -0.3 is 38.4 Å². The fraction of sp³-hybridized carbons (Fsp3) is 0.783. The highest BCUT2D eigenvalue weighted by molar-refractivity contribution is 6.39. The Balaban J connectivity index is 1.70. The first-order valence-electron chi connectivity index (χ1n) is 22.0. The summed E-state index contributed by atoms with van der Waals surface area (Å²) in [6, 6.07) is -1.08. The van der Waals surface area contributed by atoms with Crippen molar-refractivity contribution in [3.8, 4) is 0 Å². The van der Waals surface area contributed by atoms with E-state index in [9.17, 15) is 33.9 Å². The van der Waals surface area contributed by atoms with Crippen LogP contribution in [0.5, 0.6) is 0 Å². The molecule has 3 heterocycles. The van der Waals surface area contributed by atoms with Crippen molar-refractivity contribution >= 4 is 35.5 Å². The first-order valence-corrected chi connectivity index (χ1v) is 22.0. The Morgan fingerprint density at radius 1 is 0.933 bits per heavy atom. The lowest BCUT2D eigenvalue weighted by Gasteiger charge is -2.47. The zero-order valence-corrected chi connectivity index (χ0v) is 37.4. The van der Waals surface area contributed by atoms with E-state index in [4.69, 9.17) is 28.4 Å². The number of Topliss-reactive ketones (excluding diaryl/α,β-unsaturated/α-hetero) is 3. The molecule has 4 rings (SSSR count). The molecule has 338 valence electrons. The number of hydrogen-bond donors (Lipinski definition) is 1. The standard InChI is InChI=1S/C46H71NO13/c1-10-33-20-27(2)19-28(3)21-39(56-8)42-40(57-9)23-31(6)46(54,60-42)43(51)44(52)47-18-12-11-13-35(47)45(53)59-41(29(4)14-16-36(33)50)30(5)22-32-15-17-37(38(24-32)55-7)58-26-34(49)25-48/h20,22,25,28-29,31-33,35,37-42,54H,10-19,21,23-24,26H2,1-9H3/b27-20+,30-22?. The summed E-state index contributed by atoms with van der Waals surface area (Å²) in [5.41, 5.74) is 1.84. The summed E-state index contributed by atoms with van der Waals surface area (Å²) >= 11 is 0. The minimum atomic E-state index is -2.49. The van der Waals surface area contributed by atoms with E-state index in [0.29, 0.717) is 57.8 Å². The van der Waals surface area contributed by atoms with Crippen LogP contribution in [0.1, 0.15) is 119 Å². The summed E-state index contributed by atoms with van der Waals surface area (Å²) in [4.78, 5) is 80.4. The van der Waals surface area contributed by atoms with Gasteiger partial charge in [0.25, 0.3) is 11.7 Å². The van der Waals surface area contributed by atoms with Crippen LogP contribution in [0, 0.1) is 29.6 Å². The Labute approximate surface area is 356 Å². The van der Waals surface area contributed by atoms with Gasteiger partial charge in [-0.3, -0.25) is 24.0 Å². The van der Waals surface area contributed by atoms with E-state index in [-0.39, 0.29) is 80.4 Å². The van der Waals surface area contributed by atoms with E-state index in [2.05, 4.69) is 19.1 Å². The number of allylic oxidation sites excluding steroid dienone is 3. The second kappa shape index (κ2) is 22.8. The predicted molar refractivity (Wildman–Crippen MR) is 221 cm³/mol. The van der Waals surface area contributed by atoms with Gasteiger partial charge in [-0.05, 0) is 108 Å². The quantitative estimate of drug-likeness (QED) is 0.130. The molecule has 0 aromatic heterocycles. The normalized spacial score (nSPS) is 38.2. The monoisotopic (exact) mass is 845 g/mol. The number of hydrogen-bond acceptors (Lipinski definition) is 13. The molecular formula is C46H71NO13.